The van der Waals surface area contributed by atoms with Crippen molar-refractivity contribution in [3.05, 3.63) is 95.6 Å². The van der Waals surface area contributed by atoms with Gasteiger partial charge in [-0.1, -0.05) is 35.6 Å². The molecule has 0 aliphatic carbocycles. The molecular formula is C30H23F4N3O4S. The largest absolute Gasteiger partial charge is 0.491 e. The zero-order valence-electron chi connectivity index (χ0n) is 22.3. The molecule has 5 rings (SSSR count). The van der Waals surface area contributed by atoms with E-state index in [1.54, 1.807) is 44.4 Å². The smallest absolute Gasteiger partial charge is 0.416 e. The number of benzene rings is 3. The Labute approximate surface area is 241 Å². The number of alkyl halides is 3. The van der Waals surface area contributed by atoms with Gasteiger partial charge in [0, 0.05) is 18.2 Å². The normalized spacial score (nSPS) is 11.6. The highest BCUT2D eigenvalue weighted by Gasteiger charge is 2.31. The maximum absolute atomic E-state index is 14.0. The second-order valence-corrected chi connectivity index (χ2v) is 10.1. The van der Waals surface area contributed by atoms with Crippen molar-refractivity contribution in [1.82, 2.24) is 14.8 Å². The lowest BCUT2D eigenvalue weighted by Gasteiger charge is -2.08. The Kier molecular flexibility index (Phi) is 8.10. The number of aromatic nitrogens is 3. The molecule has 5 aromatic rings. The fraction of sp³-hybridized carbons (Fsp3) is 0.167. The number of ether oxygens (including phenoxy) is 2. The molecule has 0 atom stereocenters. The molecule has 0 saturated heterocycles. The number of aromatic carboxylic acids is 1. The number of thiazole rings is 1. The second-order valence-electron chi connectivity index (χ2n) is 9.15. The van der Waals surface area contributed by atoms with Crippen molar-refractivity contribution in [2.45, 2.75) is 13.1 Å². The molecule has 1 N–H and O–H groups in total. The third-order valence-corrected chi connectivity index (χ3v) is 7.41. The van der Waals surface area contributed by atoms with Crippen molar-refractivity contribution in [2.75, 3.05) is 20.3 Å². The molecule has 216 valence electrons. The molecular weight excluding hydrogens is 574 g/mol. The lowest BCUT2D eigenvalue weighted by Crippen LogP contribution is -2.09. The number of methoxy groups -OCH3 is 1. The van der Waals surface area contributed by atoms with Gasteiger partial charge < -0.3 is 14.6 Å². The number of hydrogen-bond donors (Lipinski definition) is 1. The minimum Gasteiger partial charge on any atom is -0.491 e. The van der Waals surface area contributed by atoms with Crippen LogP contribution in [0.3, 0.4) is 0 Å². The Hall–Kier alpha value is -4.55. The predicted molar refractivity (Wildman–Crippen MR) is 150 cm³/mol. The van der Waals surface area contributed by atoms with Crippen LogP contribution in [0, 0.1) is 12.7 Å². The first kappa shape index (κ1) is 29.0. The van der Waals surface area contributed by atoms with Crippen molar-refractivity contribution in [1.29, 1.82) is 0 Å². The summed E-state index contributed by atoms with van der Waals surface area (Å²) in [5.74, 6) is -1.25. The van der Waals surface area contributed by atoms with Crippen LogP contribution >= 0.6 is 11.3 Å². The molecule has 0 bridgehead atoms. The summed E-state index contributed by atoms with van der Waals surface area (Å²) in [5.41, 5.74) is 1.28. The van der Waals surface area contributed by atoms with E-state index in [0.29, 0.717) is 51.9 Å². The molecule has 0 amide bonds. The highest BCUT2D eigenvalue weighted by atomic mass is 32.1. The van der Waals surface area contributed by atoms with Gasteiger partial charge in [0.2, 0.25) is 5.13 Å². The van der Waals surface area contributed by atoms with Gasteiger partial charge in [0.25, 0.3) is 0 Å². The van der Waals surface area contributed by atoms with Gasteiger partial charge in [0.05, 0.1) is 28.4 Å². The van der Waals surface area contributed by atoms with Crippen molar-refractivity contribution in [3.8, 4) is 43.7 Å². The zero-order chi connectivity index (χ0) is 30.0. The van der Waals surface area contributed by atoms with Crippen LogP contribution in [-0.4, -0.2) is 46.2 Å². The molecule has 2 aromatic heterocycles. The lowest BCUT2D eigenvalue weighted by atomic mass is 10.0. The monoisotopic (exact) mass is 597 g/mol. The Bertz CT molecular complexity index is 1730. The number of aryl methyl sites for hydroxylation is 1. The van der Waals surface area contributed by atoms with Gasteiger partial charge in [-0.05, 0) is 66.6 Å². The Morgan fingerprint density at radius 3 is 2.29 bits per heavy atom. The maximum Gasteiger partial charge on any atom is 0.416 e. The number of carboxylic acids is 1. The Morgan fingerprint density at radius 1 is 0.976 bits per heavy atom. The van der Waals surface area contributed by atoms with Crippen LogP contribution in [-0.2, 0) is 10.9 Å². The van der Waals surface area contributed by atoms with Gasteiger partial charge in [0.1, 0.15) is 18.2 Å². The van der Waals surface area contributed by atoms with E-state index < -0.39 is 23.5 Å². The minimum atomic E-state index is -4.51. The van der Waals surface area contributed by atoms with E-state index in [2.05, 4.69) is 10.1 Å². The van der Waals surface area contributed by atoms with Crippen LogP contribution in [0.15, 0.2) is 72.8 Å². The first-order valence-electron chi connectivity index (χ1n) is 12.6. The summed E-state index contributed by atoms with van der Waals surface area (Å²) < 4.78 is 65.5. The molecule has 0 aliphatic heterocycles. The van der Waals surface area contributed by atoms with Gasteiger partial charge in [-0.15, -0.1) is 0 Å². The van der Waals surface area contributed by atoms with Gasteiger partial charge in [-0.2, -0.15) is 23.0 Å². The summed E-state index contributed by atoms with van der Waals surface area (Å²) >= 11 is 1.12. The van der Waals surface area contributed by atoms with Crippen LogP contribution in [0.4, 0.5) is 17.6 Å². The van der Waals surface area contributed by atoms with E-state index in [1.807, 2.05) is 0 Å². The molecule has 3 aromatic carbocycles. The Balaban J connectivity index is 1.65. The first-order chi connectivity index (χ1) is 20.1. The van der Waals surface area contributed by atoms with Crippen molar-refractivity contribution < 1.29 is 36.9 Å². The minimum absolute atomic E-state index is 0.170. The predicted octanol–water partition coefficient (Wildman–Crippen LogP) is 7.52. The molecule has 0 saturated carbocycles. The number of rotatable bonds is 9. The van der Waals surface area contributed by atoms with E-state index in [0.717, 1.165) is 23.5 Å². The van der Waals surface area contributed by atoms with Gasteiger partial charge >= 0.3 is 12.1 Å². The number of hydrogen-bond acceptors (Lipinski definition) is 6. The van der Waals surface area contributed by atoms with Crippen LogP contribution in [0.1, 0.15) is 21.7 Å². The average Bonchev–Trinajstić information content (AvgIpc) is 3.55. The summed E-state index contributed by atoms with van der Waals surface area (Å²) in [6, 6.07) is 17.1. The number of carboxylic acid groups (broad SMARTS) is 1. The van der Waals surface area contributed by atoms with Crippen molar-refractivity contribution >= 4 is 17.3 Å². The molecule has 12 heteroatoms. The van der Waals surface area contributed by atoms with Crippen LogP contribution < -0.4 is 4.74 Å². The lowest BCUT2D eigenvalue weighted by molar-refractivity contribution is -0.137. The molecule has 0 unspecified atom stereocenters. The van der Waals surface area contributed by atoms with Crippen molar-refractivity contribution in [3.63, 3.8) is 0 Å². The van der Waals surface area contributed by atoms with Crippen LogP contribution in [0.25, 0.3) is 38.0 Å². The quantitative estimate of drug-likeness (QED) is 0.140. The van der Waals surface area contributed by atoms with E-state index >= 15 is 0 Å². The van der Waals surface area contributed by atoms with E-state index in [9.17, 15) is 27.5 Å². The molecule has 0 fully saturated rings. The number of carbonyl (C=O) groups is 1. The molecule has 0 radical (unpaired) electrons. The second kappa shape index (κ2) is 11.7. The number of nitrogens with zero attached hydrogens (tertiary/aromatic N) is 3. The fourth-order valence-corrected chi connectivity index (χ4v) is 5.46. The van der Waals surface area contributed by atoms with E-state index in [4.69, 9.17) is 9.47 Å². The summed E-state index contributed by atoms with van der Waals surface area (Å²) in [6.45, 7) is 2.36. The molecule has 0 spiro atoms. The SMILES string of the molecule is COCCOc1ccc(-c2sc(-n3nc(C)c(-c4cccc(F)c4)c3C(=O)O)nc2-c2ccc(C(F)(F)F)cc2)cc1. The summed E-state index contributed by atoms with van der Waals surface area (Å²) in [7, 11) is 1.56. The maximum atomic E-state index is 14.0. The molecule has 42 heavy (non-hydrogen) atoms. The Morgan fingerprint density at radius 2 is 1.67 bits per heavy atom. The summed E-state index contributed by atoms with van der Waals surface area (Å²) in [6.07, 6.45) is -4.51. The third kappa shape index (κ3) is 5.90. The fourth-order valence-electron chi connectivity index (χ4n) is 4.41. The van der Waals surface area contributed by atoms with Gasteiger partial charge in [-0.25, -0.2) is 14.2 Å². The molecule has 7 nitrogen and oxygen atoms in total. The van der Waals surface area contributed by atoms with Crippen LogP contribution in [0.2, 0.25) is 0 Å². The third-order valence-electron chi connectivity index (χ3n) is 6.33. The standard InChI is InChI=1S/C30H23F4N3O4S/c1-17-24(20-4-3-5-22(31)16-20)26(28(38)39)37(36-17)29-35-25(18-6-10-21(11-7-18)30(32,33)34)27(42-29)19-8-12-23(13-9-19)41-15-14-40-2/h3-13,16H,14-15H2,1-2H3,(H,38,39). The van der Waals surface area contributed by atoms with E-state index in [-0.39, 0.29) is 16.4 Å². The van der Waals surface area contributed by atoms with E-state index in [1.165, 1.54) is 35.0 Å². The first-order valence-corrected chi connectivity index (χ1v) is 13.4. The van der Waals surface area contributed by atoms with Gasteiger partial charge in [-0.3, -0.25) is 0 Å². The molecule has 0 aliphatic rings. The van der Waals surface area contributed by atoms with Gasteiger partial charge in [0.15, 0.2) is 5.69 Å². The molecule has 2 heterocycles. The average molecular weight is 598 g/mol. The highest BCUT2D eigenvalue weighted by Crippen LogP contribution is 2.41. The zero-order valence-corrected chi connectivity index (χ0v) is 23.1. The summed E-state index contributed by atoms with van der Waals surface area (Å²) in [5, 5.41) is 14.8. The highest BCUT2D eigenvalue weighted by molar-refractivity contribution is 7.18. The van der Waals surface area contributed by atoms with Crippen LogP contribution in [0.5, 0.6) is 5.75 Å². The number of halogens is 4. The van der Waals surface area contributed by atoms with Crippen molar-refractivity contribution in [2.24, 2.45) is 0 Å². The topological polar surface area (TPSA) is 86.5 Å². The summed E-state index contributed by atoms with van der Waals surface area (Å²) in [4.78, 5) is 17.7.